The Kier molecular flexibility index (Phi) is 3.72. The number of hydrogen-bond acceptors (Lipinski definition) is 3. The maximum atomic E-state index is 12.7. The van der Waals surface area contributed by atoms with Gasteiger partial charge in [-0.25, -0.2) is 8.42 Å². The Morgan fingerprint density at radius 3 is 2.40 bits per heavy atom. The van der Waals surface area contributed by atoms with E-state index in [1.807, 2.05) is 6.92 Å². The molecule has 1 aromatic carbocycles. The number of hydrogen-bond donors (Lipinski definition) is 1. The number of aromatic nitrogens is 1. The van der Waals surface area contributed by atoms with Gasteiger partial charge in [0.25, 0.3) is 0 Å². The molecule has 106 valence electrons. The Morgan fingerprint density at radius 1 is 1.25 bits per heavy atom. The van der Waals surface area contributed by atoms with Crippen LogP contribution >= 0.6 is 0 Å². The second-order valence-electron chi connectivity index (χ2n) is 4.64. The average Bonchev–Trinajstić information content (AvgIpc) is 2.64. The lowest BCUT2D eigenvalue weighted by molar-refractivity contribution is 0.596. The fourth-order valence-electron chi connectivity index (χ4n) is 2.28. The smallest absolute Gasteiger partial charge is 0.210 e. The molecule has 5 heteroatoms. The first-order valence-corrected chi connectivity index (χ1v) is 7.75. The molecule has 0 aliphatic rings. The van der Waals surface area contributed by atoms with E-state index < -0.39 is 9.84 Å². The third-order valence-electron chi connectivity index (χ3n) is 3.45. The second-order valence-corrected chi connectivity index (χ2v) is 6.53. The van der Waals surface area contributed by atoms with Gasteiger partial charge in [0.2, 0.25) is 9.84 Å². The maximum absolute atomic E-state index is 12.7. The van der Waals surface area contributed by atoms with Crippen molar-refractivity contribution in [2.45, 2.75) is 30.2 Å². The highest BCUT2D eigenvalue weighted by Crippen LogP contribution is 2.33. The van der Waals surface area contributed by atoms with Gasteiger partial charge in [-0.15, -0.1) is 6.58 Å². The molecule has 0 saturated heterocycles. The monoisotopic (exact) mass is 290 g/mol. The second kappa shape index (κ2) is 5.17. The Balaban J connectivity index is 2.71. The van der Waals surface area contributed by atoms with Gasteiger partial charge in [0.1, 0.15) is 10.7 Å². The first kappa shape index (κ1) is 14.4. The molecular formula is C15H18N2O2S. The van der Waals surface area contributed by atoms with Crippen molar-refractivity contribution in [3.63, 3.8) is 0 Å². The van der Waals surface area contributed by atoms with Crippen LogP contribution in [0.15, 0.2) is 52.8 Å². The lowest BCUT2D eigenvalue weighted by Gasteiger charge is -2.07. The van der Waals surface area contributed by atoms with Crippen molar-refractivity contribution in [1.29, 1.82) is 0 Å². The van der Waals surface area contributed by atoms with Gasteiger partial charge in [-0.1, -0.05) is 24.3 Å². The Labute approximate surface area is 119 Å². The summed E-state index contributed by atoms with van der Waals surface area (Å²) in [4.78, 5) is 0.452. The van der Waals surface area contributed by atoms with E-state index in [1.165, 1.54) is 0 Å². The number of benzene rings is 1. The lowest BCUT2D eigenvalue weighted by Crippen LogP contribution is -2.08. The van der Waals surface area contributed by atoms with Gasteiger partial charge in [-0.2, -0.15) is 0 Å². The molecule has 1 heterocycles. The van der Waals surface area contributed by atoms with E-state index in [9.17, 15) is 8.42 Å². The van der Waals surface area contributed by atoms with Crippen molar-refractivity contribution >= 4 is 15.7 Å². The Bertz CT molecular complexity index is 744. The predicted molar refractivity (Wildman–Crippen MR) is 80.4 cm³/mol. The van der Waals surface area contributed by atoms with Gasteiger partial charge in [-0.3, -0.25) is 0 Å². The van der Waals surface area contributed by atoms with Crippen LogP contribution in [0.1, 0.15) is 11.3 Å². The van der Waals surface area contributed by atoms with Crippen LogP contribution in [-0.2, 0) is 16.4 Å². The van der Waals surface area contributed by atoms with Crippen LogP contribution in [0, 0.1) is 13.8 Å². The minimum Gasteiger partial charge on any atom is -0.384 e. The number of nitrogen functional groups attached to an aromatic ring is 1. The molecule has 0 spiro atoms. The average molecular weight is 290 g/mol. The van der Waals surface area contributed by atoms with E-state index in [0.29, 0.717) is 12.1 Å². The molecule has 0 radical (unpaired) electrons. The topological polar surface area (TPSA) is 65.1 Å². The van der Waals surface area contributed by atoms with E-state index in [-0.39, 0.29) is 15.6 Å². The zero-order valence-corrected chi connectivity index (χ0v) is 12.4. The summed E-state index contributed by atoms with van der Waals surface area (Å²) in [5.74, 6) is 0.267. The number of rotatable bonds is 4. The van der Waals surface area contributed by atoms with E-state index in [0.717, 1.165) is 5.69 Å². The standard InChI is InChI=1S/C15H18N2O2S/c1-4-10-17-12(3)11(2)14(15(17)16)20(18,19)13-8-6-5-7-9-13/h4-9H,1,10,16H2,2-3H3. The number of sulfone groups is 1. The maximum Gasteiger partial charge on any atom is 0.210 e. The van der Waals surface area contributed by atoms with Crippen LogP contribution in [0.4, 0.5) is 5.82 Å². The van der Waals surface area contributed by atoms with Gasteiger partial charge in [0.05, 0.1) is 4.90 Å². The van der Waals surface area contributed by atoms with Gasteiger partial charge in [0, 0.05) is 12.2 Å². The third kappa shape index (κ3) is 2.14. The minimum absolute atomic E-state index is 0.197. The largest absolute Gasteiger partial charge is 0.384 e. The summed E-state index contributed by atoms with van der Waals surface area (Å²) in [5, 5.41) is 0. The quantitative estimate of drug-likeness (QED) is 0.880. The fraction of sp³-hybridized carbons (Fsp3) is 0.200. The zero-order valence-electron chi connectivity index (χ0n) is 11.6. The van der Waals surface area contributed by atoms with Gasteiger partial charge < -0.3 is 10.3 Å². The fourth-order valence-corrected chi connectivity index (χ4v) is 3.97. The van der Waals surface area contributed by atoms with Crippen LogP contribution in [0.5, 0.6) is 0 Å². The molecule has 2 N–H and O–H groups in total. The summed E-state index contributed by atoms with van der Waals surface area (Å²) < 4.78 is 27.2. The van der Waals surface area contributed by atoms with Crippen LogP contribution in [0.2, 0.25) is 0 Å². The molecule has 4 nitrogen and oxygen atoms in total. The van der Waals surface area contributed by atoms with Crippen LogP contribution in [0.25, 0.3) is 0 Å². The molecule has 0 unspecified atom stereocenters. The number of allylic oxidation sites excluding steroid dienone is 1. The van der Waals surface area contributed by atoms with Crippen LogP contribution in [0.3, 0.4) is 0 Å². The van der Waals surface area contributed by atoms with Gasteiger partial charge in [0.15, 0.2) is 0 Å². The highest BCUT2D eigenvalue weighted by molar-refractivity contribution is 7.91. The molecule has 0 saturated carbocycles. The molecule has 1 aromatic heterocycles. The highest BCUT2D eigenvalue weighted by Gasteiger charge is 2.27. The molecule has 2 rings (SSSR count). The summed E-state index contributed by atoms with van der Waals surface area (Å²) in [6.45, 7) is 7.80. The molecule has 2 aromatic rings. The predicted octanol–water partition coefficient (Wildman–Crippen LogP) is 2.71. The lowest BCUT2D eigenvalue weighted by atomic mass is 10.3. The summed E-state index contributed by atoms with van der Waals surface area (Å²) in [7, 11) is -3.60. The molecule has 0 atom stereocenters. The Morgan fingerprint density at radius 2 is 1.85 bits per heavy atom. The molecule has 0 fully saturated rings. The molecule has 0 bridgehead atoms. The molecule has 0 aliphatic carbocycles. The molecule has 0 aliphatic heterocycles. The van der Waals surface area contributed by atoms with Crippen molar-refractivity contribution < 1.29 is 8.42 Å². The van der Waals surface area contributed by atoms with Crippen molar-refractivity contribution in [3.05, 3.63) is 54.2 Å². The molecule has 0 amide bonds. The van der Waals surface area contributed by atoms with Crippen LogP contribution in [-0.4, -0.2) is 13.0 Å². The first-order chi connectivity index (χ1) is 9.41. The SMILES string of the molecule is C=CCn1c(C)c(C)c(S(=O)(=O)c2ccccc2)c1N. The van der Waals surface area contributed by atoms with E-state index in [4.69, 9.17) is 5.73 Å². The van der Waals surface area contributed by atoms with Gasteiger partial charge in [-0.05, 0) is 31.5 Å². The Hall–Kier alpha value is -2.01. The van der Waals surface area contributed by atoms with E-state index >= 15 is 0 Å². The molecule has 20 heavy (non-hydrogen) atoms. The normalized spacial score (nSPS) is 11.5. The number of nitrogens with zero attached hydrogens (tertiary/aromatic N) is 1. The summed E-state index contributed by atoms with van der Waals surface area (Å²) in [5.41, 5.74) is 7.58. The highest BCUT2D eigenvalue weighted by atomic mass is 32.2. The van der Waals surface area contributed by atoms with Crippen molar-refractivity contribution in [3.8, 4) is 0 Å². The third-order valence-corrected chi connectivity index (χ3v) is 5.39. The van der Waals surface area contributed by atoms with Crippen LogP contribution < -0.4 is 5.73 Å². The summed E-state index contributed by atoms with van der Waals surface area (Å²) in [6, 6.07) is 8.34. The van der Waals surface area contributed by atoms with Crippen molar-refractivity contribution in [2.24, 2.45) is 0 Å². The zero-order chi connectivity index (χ0) is 14.9. The summed E-state index contributed by atoms with van der Waals surface area (Å²) >= 11 is 0. The number of anilines is 1. The number of nitrogens with two attached hydrogens (primary N) is 1. The molecular weight excluding hydrogens is 272 g/mol. The van der Waals surface area contributed by atoms with Crippen molar-refractivity contribution in [1.82, 2.24) is 4.57 Å². The first-order valence-electron chi connectivity index (χ1n) is 6.27. The van der Waals surface area contributed by atoms with E-state index in [2.05, 4.69) is 6.58 Å². The summed E-state index contributed by atoms with van der Waals surface area (Å²) in [6.07, 6.45) is 1.70. The van der Waals surface area contributed by atoms with Crippen molar-refractivity contribution in [2.75, 3.05) is 5.73 Å². The van der Waals surface area contributed by atoms with E-state index in [1.54, 1.807) is 47.9 Å². The van der Waals surface area contributed by atoms with Gasteiger partial charge >= 0.3 is 0 Å². The minimum atomic E-state index is -3.60.